The third-order valence-electron chi connectivity index (χ3n) is 4.44. The average molecular weight is 359 g/mol. The van der Waals surface area contributed by atoms with E-state index in [1.807, 2.05) is 0 Å². The van der Waals surface area contributed by atoms with Crippen LogP contribution in [0.3, 0.4) is 0 Å². The zero-order valence-corrected chi connectivity index (χ0v) is 16.5. The molecule has 0 aromatic rings. The van der Waals surface area contributed by atoms with Crippen molar-refractivity contribution in [1.82, 2.24) is 0 Å². The van der Waals surface area contributed by atoms with E-state index in [9.17, 15) is 4.79 Å². The second-order valence-electron chi connectivity index (χ2n) is 6.72. The molecule has 0 unspecified atom stereocenters. The van der Waals surface area contributed by atoms with Crippen LogP contribution in [0, 0.1) is 0 Å². The zero-order chi connectivity index (χ0) is 17.7. The standard InChI is InChI=1S/C21H39ClO2/c1-2-21(23)24-20-18-16-14-12-10-8-6-4-3-5-7-9-11-13-15-17-19-22/h2H,1,3-20H2. The van der Waals surface area contributed by atoms with Crippen molar-refractivity contribution in [2.75, 3.05) is 12.5 Å². The SMILES string of the molecule is C=CC(=O)OCCCCCCCCCCCCCCCCCCCl. The van der Waals surface area contributed by atoms with Crippen LogP contribution < -0.4 is 0 Å². The highest BCUT2D eigenvalue weighted by Crippen LogP contribution is 2.13. The molecule has 24 heavy (non-hydrogen) atoms. The van der Waals surface area contributed by atoms with Gasteiger partial charge in [0.1, 0.15) is 0 Å². The maximum atomic E-state index is 10.8. The fourth-order valence-electron chi connectivity index (χ4n) is 2.90. The molecule has 0 bridgehead atoms. The minimum atomic E-state index is -0.304. The van der Waals surface area contributed by atoms with Gasteiger partial charge in [-0.15, -0.1) is 11.6 Å². The van der Waals surface area contributed by atoms with Crippen LogP contribution in [0.2, 0.25) is 0 Å². The average Bonchev–Trinajstić information content (AvgIpc) is 2.60. The Balaban J connectivity index is 3.00. The van der Waals surface area contributed by atoms with Crippen LogP contribution in [-0.2, 0) is 9.53 Å². The topological polar surface area (TPSA) is 26.3 Å². The first kappa shape index (κ1) is 23.5. The van der Waals surface area contributed by atoms with Crippen molar-refractivity contribution >= 4 is 17.6 Å². The van der Waals surface area contributed by atoms with Gasteiger partial charge in [0.2, 0.25) is 0 Å². The van der Waals surface area contributed by atoms with E-state index in [4.69, 9.17) is 16.3 Å². The number of ether oxygens (including phenoxy) is 1. The third kappa shape index (κ3) is 19.5. The molecule has 0 aromatic heterocycles. The third-order valence-corrected chi connectivity index (χ3v) is 4.71. The van der Waals surface area contributed by atoms with Gasteiger partial charge in [0.25, 0.3) is 0 Å². The summed E-state index contributed by atoms with van der Waals surface area (Å²) in [6.07, 6.45) is 22.4. The lowest BCUT2D eigenvalue weighted by atomic mass is 10.0. The highest BCUT2D eigenvalue weighted by atomic mass is 35.5. The van der Waals surface area contributed by atoms with E-state index in [1.54, 1.807) is 0 Å². The van der Waals surface area contributed by atoms with Gasteiger partial charge in [-0.05, 0) is 12.8 Å². The van der Waals surface area contributed by atoms with Crippen molar-refractivity contribution < 1.29 is 9.53 Å². The van der Waals surface area contributed by atoms with Crippen molar-refractivity contribution in [2.45, 2.75) is 103 Å². The van der Waals surface area contributed by atoms with Crippen molar-refractivity contribution in [3.8, 4) is 0 Å². The molecular formula is C21H39ClO2. The minimum Gasteiger partial charge on any atom is -0.463 e. The molecule has 0 saturated carbocycles. The highest BCUT2D eigenvalue weighted by Gasteiger charge is 1.96. The van der Waals surface area contributed by atoms with Crippen molar-refractivity contribution in [3.63, 3.8) is 0 Å². The fourth-order valence-corrected chi connectivity index (χ4v) is 3.09. The predicted molar refractivity (Wildman–Crippen MR) is 106 cm³/mol. The highest BCUT2D eigenvalue weighted by molar-refractivity contribution is 6.17. The molecule has 0 aliphatic heterocycles. The number of carbonyl (C=O) groups excluding carboxylic acids is 1. The van der Waals surface area contributed by atoms with Crippen LogP contribution in [-0.4, -0.2) is 18.5 Å². The van der Waals surface area contributed by atoms with Crippen molar-refractivity contribution in [2.24, 2.45) is 0 Å². The molecule has 3 heteroatoms. The van der Waals surface area contributed by atoms with Crippen LogP contribution in [0.25, 0.3) is 0 Å². The number of carbonyl (C=O) groups is 1. The molecule has 0 aliphatic rings. The second-order valence-corrected chi connectivity index (χ2v) is 7.10. The summed E-state index contributed by atoms with van der Waals surface area (Å²) in [5.41, 5.74) is 0. The Morgan fingerprint density at radius 2 is 1.00 bits per heavy atom. The molecule has 0 N–H and O–H groups in total. The van der Waals surface area contributed by atoms with Gasteiger partial charge in [-0.25, -0.2) is 4.79 Å². The molecule has 0 fully saturated rings. The first-order valence-electron chi connectivity index (χ1n) is 10.2. The number of hydrogen-bond acceptors (Lipinski definition) is 2. The van der Waals surface area contributed by atoms with Crippen molar-refractivity contribution in [1.29, 1.82) is 0 Å². The normalized spacial score (nSPS) is 10.7. The first-order chi connectivity index (χ1) is 11.8. The van der Waals surface area contributed by atoms with Crippen LogP contribution in [0.15, 0.2) is 12.7 Å². The summed E-state index contributed by atoms with van der Waals surface area (Å²) < 4.78 is 4.95. The molecule has 0 aliphatic carbocycles. The van der Waals surface area contributed by atoms with Gasteiger partial charge in [0.15, 0.2) is 0 Å². The van der Waals surface area contributed by atoms with E-state index in [0.29, 0.717) is 6.61 Å². The maximum Gasteiger partial charge on any atom is 0.330 e. The smallest absolute Gasteiger partial charge is 0.330 e. The number of rotatable bonds is 19. The molecule has 2 nitrogen and oxygen atoms in total. The monoisotopic (exact) mass is 358 g/mol. The number of halogens is 1. The summed E-state index contributed by atoms with van der Waals surface area (Å²) in [6, 6.07) is 0. The number of unbranched alkanes of at least 4 members (excludes halogenated alkanes) is 15. The molecule has 0 atom stereocenters. The lowest BCUT2D eigenvalue weighted by Gasteiger charge is -2.04. The van der Waals surface area contributed by atoms with E-state index in [0.717, 1.165) is 18.7 Å². The Morgan fingerprint density at radius 1 is 0.667 bits per heavy atom. The summed E-state index contributed by atoms with van der Waals surface area (Å²) >= 11 is 5.67. The van der Waals surface area contributed by atoms with E-state index in [2.05, 4.69) is 6.58 Å². The lowest BCUT2D eigenvalue weighted by molar-refractivity contribution is -0.137. The van der Waals surface area contributed by atoms with Gasteiger partial charge in [-0.3, -0.25) is 0 Å². The molecule has 0 heterocycles. The molecule has 0 rings (SSSR count). The van der Waals surface area contributed by atoms with Crippen LogP contribution in [0.4, 0.5) is 0 Å². The number of alkyl halides is 1. The van der Waals surface area contributed by atoms with Gasteiger partial charge in [-0.2, -0.15) is 0 Å². The van der Waals surface area contributed by atoms with Crippen LogP contribution >= 0.6 is 11.6 Å². The first-order valence-corrected chi connectivity index (χ1v) is 10.7. The number of hydrogen-bond donors (Lipinski definition) is 0. The Labute approximate surface area is 155 Å². The Hall–Kier alpha value is -0.500. The van der Waals surface area contributed by atoms with Gasteiger partial charge < -0.3 is 4.74 Å². The van der Waals surface area contributed by atoms with Gasteiger partial charge in [0.05, 0.1) is 6.61 Å². The van der Waals surface area contributed by atoms with Crippen LogP contribution in [0.5, 0.6) is 0 Å². The molecule has 0 radical (unpaired) electrons. The minimum absolute atomic E-state index is 0.304. The summed E-state index contributed by atoms with van der Waals surface area (Å²) in [7, 11) is 0. The van der Waals surface area contributed by atoms with E-state index in [1.165, 1.54) is 96.0 Å². The lowest BCUT2D eigenvalue weighted by Crippen LogP contribution is -2.01. The Kier molecular flexibility index (Phi) is 20.1. The molecular weight excluding hydrogens is 320 g/mol. The largest absolute Gasteiger partial charge is 0.463 e. The summed E-state index contributed by atoms with van der Waals surface area (Å²) in [5, 5.41) is 0. The van der Waals surface area contributed by atoms with E-state index in [-0.39, 0.29) is 5.97 Å². The zero-order valence-electron chi connectivity index (χ0n) is 15.7. The quantitative estimate of drug-likeness (QED) is 0.106. The molecule has 0 spiro atoms. The molecule has 0 saturated heterocycles. The summed E-state index contributed by atoms with van der Waals surface area (Å²) in [4.78, 5) is 10.8. The predicted octanol–water partition coefficient (Wildman–Crippen LogP) is 7.20. The molecule has 0 amide bonds. The number of esters is 1. The Bertz CT molecular complexity index is 279. The molecule has 142 valence electrons. The maximum absolute atomic E-state index is 10.8. The fraction of sp³-hybridized carbons (Fsp3) is 0.857. The second kappa shape index (κ2) is 20.5. The van der Waals surface area contributed by atoms with Gasteiger partial charge in [0, 0.05) is 12.0 Å². The van der Waals surface area contributed by atoms with Crippen LogP contribution in [0.1, 0.15) is 103 Å². The summed E-state index contributed by atoms with van der Waals surface area (Å²) in [5.74, 6) is 0.520. The molecule has 0 aromatic carbocycles. The Morgan fingerprint density at radius 3 is 1.33 bits per heavy atom. The van der Waals surface area contributed by atoms with Gasteiger partial charge in [-0.1, -0.05) is 96.5 Å². The van der Waals surface area contributed by atoms with E-state index >= 15 is 0 Å². The van der Waals surface area contributed by atoms with Crippen molar-refractivity contribution in [3.05, 3.63) is 12.7 Å². The summed E-state index contributed by atoms with van der Waals surface area (Å²) in [6.45, 7) is 3.92. The van der Waals surface area contributed by atoms with Gasteiger partial charge >= 0.3 is 5.97 Å². The van der Waals surface area contributed by atoms with E-state index < -0.39 is 0 Å².